The molecule has 0 saturated heterocycles. The standard InChI is InChI=1S/C12H15NO/c1-8-5-4-6-11(7-8)12(14)9(2)10(3)13/h4-7H,13H2,1-3H3/b10-9-. The number of hydrogen-bond donors (Lipinski definition) is 1. The molecule has 74 valence electrons. The Morgan fingerprint density at radius 1 is 1.29 bits per heavy atom. The SMILES string of the molecule is C/C(N)=C(\C)C(=O)c1cccc(C)c1. The fraction of sp³-hybridized carbons (Fsp3) is 0.250. The van der Waals surface area contributed by atoms with E-state index in [0.29, 0.717) is 16.8 Å². The fourth-order valence-electron chi connectivity index (χ4n) is 1.18. The molecule has 2 heteroatoms. The quantitative estimate of drug-likeness (QED) is 0.573. The van der Waals surface area contributed by atoms with Crippen LogP contribution in [-0.2, 0) is 0 Å². The van der Waals surface area contributed by atoms with Gasteiger partial charge in [-0.1, -0.05) is 23.8 Å². The summed E-state index contributed by atoms with van der Waals surface area (Å²) in [4.78, 5) is 11.8. The summed E-state index contributed by atoms with van der Waals surface area (Å²) in [5.41, 5.74) is 8.56. The maximum absolute atomic E-state index is 11.8. The van der Waals surface area contributed by atoms with Crippen molar-refractivity contribution < 1.29 is 4.79 Å². The second kappa shape index (κ2) is 4.09. The number of allylic oxidation sites excluding steroid dienone is 2. The van der Waals surface area contributed by atoms with E-state index in [0.717, 1.165) is 5.56 Å². The zero-order chi connectivity index (χ0) is 10.7. The van der Waals surface area contributed by atoms with Gasteiger partial charge < -0.3 is 5.73 Å². The van der Waals surface area contributed by atoms with E-state index < -0.39 is 0 Å². The highest BCUT2D eigenvalue weighted by Gasteiger charge is 2.09. The zero-order valence-corrected chi connectivity index (χ0v) is 8.79. The average molecular weight is 189 g/mol. The van der Waals surface area contributed by atoms with Crippen molar-refractivity contribution >= 4 is 5.78 Å². The molecule has 1 aromatic carbocycles. The number of benzene rings is 1. The highest BCUT2D eigenvalue weighted by molar-refractivity contribution is 6.08. The van der Waals surface area contributed by atoms with Crippen LogP contribution in [0.3, 0.4) is 0 Å². The molecule has 2 nitrogen and oxygen atoms in total. The predicted molar refractivity (Wildman–Crippen MR) is 58.1 cm³/mol. The Kier molecular flexibility index (Phi) is 3.07. The summed E-state index contributed by atoms with van der Waals surface area (Å²) in [5.74, 6) is 0.00806. The second-order valence-electron chi connectivity index (χ2n) is 3.51. The minimum absolute atomic E-state index is 0.00806. The first-order chi connectivity index (χ1) is 6.52. The first-order valence-corrected chi connectivity index (χ1v) is 4.56. The van der Waals surface area contributed by atoms with Crippen LogP contribution in [0.5, 0.6) is 0 Å². The second-order valence-corrected chi connectivity index (χ2v) is 3.51. The molecule has 14 heavy (non-hydrogen) atoms. The summed E-state index contributed by atoms with van der Waals surface area (Å²) in [6, 6.07) is 7.52. The molecular weight excluding hydrogens is 174 g/mol. The molecule has 0 aromatic heterocycles. The van der Waals surface area contributed by atoms with Crippen molar-refractivity contribution in [3.8, 4) is 0 Å². The lowest BCUT2D eigenvalue weighted by atomic mass is 10.0. The Bertz CT molecular complexity index is 387. The number of carbonyl (C=O) groups is 1. The molecule has 0 heterocycles. The van der Waals surface area contributed by atoms with E-state index in [4.69, 9.17) is 5.73 Å². The Morgan fingerprint density at radius 2 is 1.93 bits per heavy atom. The summed E-state index contributed by atoms with van der Waals surface area (Å²) in [6.07, 6.45) is 0. The maximum Gasteiger partial charge on any atom is 0.190 e. The van der Waals surface area contributed by atoms with Crippen LogP contribution in [0.4, 0.5) is 0 Å². The lowest BCUT2D eigenvalue weighted by Crippen LogP contribution is -2.07. The summed E-state index contributed by atoms with van der Waals surface area (Å²) < 4.78 is 0. The van der Waals surface area contributed by atoms with E-state index >= 15 is 0 Å². The van der Waals surface area contributed by atoms with Gasteiger partial charge >= 0.3 is 0 Å². The number of carbonyl (C=O) groups excluding carboxylic acids is 1. The molecule has 0 saturated carbocycles. The molecule has 0 aliphatic carbocycles. The molecule has 0 spiro atoms. The van der Waals surface area contributed by atoms with E-state index in [1.807, 2.05) is 31.2 Å². The van der Waals surface area contributed by atoms with Gasteiger partial charge in [0.25, 0.3) is 0 Å². The van der Waals surface area contributed by atoms with Crippen LogP contribution in [0.25, 0.3) is 0 Å². The van der Waals surface area contributed by atoms with Gasteiger partial charge in [0, 0.05) is 16.8 Å². The van der Waals surface area contributed by atoms with Gasteiger partial charge in [0.2, 0.25) is 0 Å². The molecule has 0 atom stereocenters. The third-order valence-corrected chi connectivity index (χ3v) is 2.21. The highest BCUT2D eigenvalue weighted by atomic mass is 16.1. The molecule has 0 amide bonds. The number of rotatable bonds is 2. The number of aryl methyl sites for hydroxylation is 1. The van der Waals surface area contributed by atoms with Gasteiger partial charge in [-0.15, -0.1) is 0 Å². The summed E-state index contributed by atoms with van der Waals surface area (Å²) in [6.45, 7) is 5.45. The van der Waals surface area contributed by atoms with Gasteiger partial charge in [-0.3, -0.25) is 4.79 Å². The molecule has 0 bridgehead atoms. The Labute approximate surface area is 84.4 Å². The average Bonchev–Trinajstić information content (AvgIpc) is 2.15. The lowest BCUT2D eigenvalue weighted by Gasteiger charge is -2.03. The van der Waals surface area contributed by atoms with Gasteiger partial charge in [0.1, 0.15) is 0 Å². The zero-order valence-electron chi connectivity index (χ0n) is 8.79. The van der Waals surface area contributed by atoms with Crippen LogP contribution in [0.15, 0.2) is 35.5 Å². The number of Topliss-reactive ketones (excluding diaryl/α,β-unsaturated/α-hetero) is 1. The topological polar surface area (TPSA) is 43.1 Å². The van der Waals surface area contributed by atoms with E-state index in [-0.39, 0.29) is 5.78 Å². The monoisotopic (exact) mass is 189 g/mol. The smallest absolute Gasteiger partial charge is 0.190 e. The normalized spacial score (nSPS) is 12.2. The molecular formula is C12H15NO. The third-order valence-electron chi connectivity index (χ3n) is 2.21. The van der Waals surface area contributed by atoms with E-state index in [2.05, 4.69) is 0 Å². The minimum Gasteiger partial charge on any atom is -0.402 e. The van der Waals surface area contributed by atoms with E-state index in [1.165, 1.54) is 0 Å². The van der Waals surface area contributed by atoms with Crippen LogP contribution in [0, 0.1) is 6.92 Å². The van der Waals surface area contributed by atoms with E-state index in [9.17, 15) is 4.79 Å². The molecule has 1 rings (SSSR count). The Hall–Kier alpha value is -1.57. The van der Waals surface area contributed by atoms with Crippen molar-refractivity contribution in [1.82, 2.24) is 0 Å². The number of ketones is 1. The molecule has 0 unspecified atom stereocenters. The van der Waals surface area contributed by atoms with Gasteiger partial charge in [-0.25, -0.2) is 0 Å². The Balaban J connectivity index is 3.08. The van der Waals surface area contributed by atoms with Crippen LogP contribution >= 0.6 is 0 Å². The third kappa shape index (κ3) is 2.22. The predicted octanol–water partition coefficient (Wildman–Crippen LogP) is 2.43. The summed E-state index contributed by atoms with van der Waals surface area (Å²) in [5, 5.41) is 0. The maximum atomic E-state index is 11.8. The Morgan fingerprint density at radius 3 is 2.43 bits per heavy atom. The van der Waals surface area contributed by atoms with Crippen molar-refractivity contribution in [1.29, 1.82) is 0 Å². The van der Waals surface area contributed by atoms with Crippen LogP contribution in [0.1, 0.15) is 29.8 Å². The van der Waals surface area contributed by atoms with Crippen molar-refractivity contribution in [3.05, 3.63) is 46.7 Å². The number of nitrogens with two attached hydrogens (primary N) is 1. The van der Waals surface area contributed by atoms with Gasteiger partial charge in [-0.05, 0) is 26.8 Å². The van der Waals surface area contributed by atoms with Crippen LogP contribution < -0.4 is 5.73 Å². The molecule has 1 aromatic rings. The lowest BCUT2D eigenvalue weighted by molar-refractivity contribution is 0.103. The van der Waals surface area contributed by atoms with Gasteiger partial charge in [0.15, 0.2) is 5.78 Å². The van der Waals surface area contributed by atoms with Crippen molar-refractivity contribution in [2.75, 3.05) is 0 Å². The molecule has 0 radical (unpaired) electrons. The molecule has 0 aliphatic heterocycles. The largest absolute Gasteiger partial charge is 0.402 e. The first kappa shape index (κ1) is 10.5. The van der Waals surface area contributed by atoms with Gasteiger partial charge in [0.05, 0.1) is 0 Å². The van der Waals surface area contributed by atoms with Crippen molar-refractivity contribution in [2.45, 2.75) is 20.8 Å². The van der Waals surface area contributed by atoms with E-state index in [1.54, 1.807) is 13.8 Å². The van der Waals surface area contributed by atoms with Crippen LogP contribution in [-0.4, -0.2) is 5.78 Å². The van der Waals surface area contributed by atoms with Crippen LogP contribution in [0.2, 0.25) is 0 Å². The summed E-state index contributed by atoms with van der Waals surface area (Å²) >= 11 is 0. The fourth-order valence-corrected chi connectivity index (χ4v) is 1.18. The van der Waals surface area contributed by atoms with Crippen molar-refractivity contribution in [3.63, 3.8) is 0 Å². The molecule has 2 N–H and O–H groups in total. The van der Waals surface area contributed by atoms with Crippen molar-refractivity contribution in [2.24, 2.45) is 5.73 Å². The first-order valence-electron chi connectivity index (χ1n) is 4.56. The molecule has 0 fully saturated rings. The summed E-state index contributed by atoms with van der Waals surface area (Å²) in [7, 11) is 0. The number of hydrogen-bond acceptors (Lipinski definition) is 2. The molecule has 0 aliphatic rings. The van der Waals surface area contributed by atoms with Gasteiger partial charge in [-0.2, -0.15) is 0 Å². The minimum atomic E-state index is 0.00806. The highest BCUT2D eigenvalue weighted by Crippen LogP contribution is 2.11.